The maximum Gasteiger partial charge on any atom is 0.163 e. The lowest BCUT2D eigenvalue weighted by molar-refractivity contribution is 0.432. The Labute approximate surface area is 63.7 Å². The van der Waals surface area contributed by atoms with Crippen molar-refractivity contribution in [1.29, 1.82) is 5.41 Å². The van der Waals surface area contributed by atoms with Gasteiger partial charge in [-0.05, 0) is 13.3 Å². The molecule has 0 rings (SSSR count). The van der Waals surface area contributed by atoms with Crippen LogP contribution in [-0.2, 0) is 0 Å². The Morgan fingerprint density at radius 3 is 2.40 bits per heavy atom. The molecule has 0 bridgehead atoms. The second-order valence-electron chi connectivity index (χ2n) is 2.40. The number of nitrogens with one attached hydrogen (secondary N) is 1. The van der Waals surface area contributed by atoms with Crippen molar-refractivity contribution in [3.05, 3.63) is 0 Å². The fraction of sp³-hybridized carbons (Fsp3) is 0.875. The second kappa shape index (κ2) is 6.59. The molecule has 0 fully saturated rings. The molecule has 2 heteroatoms. The minimum atomic E-state index is 0.910. The van der Waals surface area contributed by atoms with Crippen LogP contribution in [0.5, 0.6) is 0 Å². The Balaban J connectivity index is 3.17. The molecular weight excluding hydrogens is 124 g/mol. The minimum absolute atomic E-state index is 0.910. The minimum Gasteiger partial charge on any atom is -0.354 e. The van der Waals surface area contributed by atoms with Gasteiger partial charge in [-0.15, -0.1) is 0 Å². The van der Waals surface area contributed by atoms with Gasteiger partial charge in [0.15, 0.2) is 6.34 Å². The number of nitrogens with zero attached hydrogens (tertiary/aromatic N) is 1. The summed E-state index contributed by atoms with van der Waals surface area (Å²) in [4.78, 5) is 1.90. The first-order valence-electron chi connectivity index (χ1n) is 4.02. The van der Waals surface area contributed by atoms with Crippen molar-refractivity contribution in [2.24, 2.45) is 0 Å². The van der Waals surface area contributed by atoms with Crippen molar-refractivity contribution in [1.82, 2.24) is 4.90 Å². The van der Waals surface area contributed by atoms with Crippen molar-refractivity contribution >= 4 is 6.34 Å². The quantitative estimate of drug-likeness (QED) is 0.260. The molecule has 1 radical (unpaired) electrons. The van der Waals surface area contributed by atoms with Crippen LogP contribution in [0.2, 0.25) is 0 Å². The van der Waals surface area contributed by atoms with Gasteiger partial charge in [-0.25, -0.2) is 0 Å². The summed E-state index contributed by atoms with van der Waals surface area (Å²) in [5, 5.41) is 6.87. The smallest absolute Gasteiger partial charge is 0.163 e. The lowest BCUT2D eigenvalue weighted by Crippen LogP contribution is -2.21. The number of hydrogen-bond donors (Lipinski definition) is 1. The maximum absolute atomic E-state index is 6.87. The summed E-state index contributed by atoms with van der Waals surface area (Å²) in [7, 11) is 0. The lowest BCUT2D eigenvalue weighted by atomic mass is 10.2. The maximum atomic E-state index is 6.87. The molecule has 0 aromatic rings. The predicted molar refractivity (Wildman–Crippen MR) is 44.5 cm³/mol. The van der Waals surface area contributed by atoms with E-state index in [9.17, 15) is 0 Å². The van der Waals surface area contributed by atoms with Crippen LogP contribution in [0.15, 0.2) is 0 Å². The Morgan fingerprint density at radius 1 is 1.30 bits per heavy atom. The summed E-state index contributed by atoms with van der Waals surface area (Å²) in [5.41, 5.74) is 0. The summed E-state index contributed by atoms with van der Waals surface area (Å²) in [6, 6.07) is 0. The largest absolute Gasteiger partial charge is 0.354 e. The summed E-state index contributed by atoms with van der Waals surface area (Å²) in [5.74, 6) is 0. The van der Waals surface area contributed by atoms with Crippen LogP contribution in [0.4, 0.5) is 0 Å². The molecule has 0 aliphatic heterocycles. The monoisotopic (exact) mass is 141 g/mol. The van der Waals surface area contributed by atoms with Gasteiger partial charge in [0, 0.05) is 13.1 Å². The summed E-state index contributed by atoms with van der Waals surface area (Å²) in [6.45, 7) is 6.14. The van der Waals surface area contributed by atoms with E-state index in [0.29, 0.717) is 0 Å². The van der Waals surface area contributed by atoms with E-state index in [1.54, 1.807) is 0 Å². The van der Waals surface area contributed by atoms with Crippen molar-refractivity contribution in [3.8, 4) is 0 Å². The molecule has 0 aliphatic carbocycles. The van der Waals surface area contributed by atoms with Crippen LogP contribution < -0.4 is 0 Å². The number of unbranched alkanes of at least 4 members (excludes halogenated alkanes) is 2. The molecule has 2 nitrogen and oxygen atoms in total. The van der Waals surface area contributed by atoms with Crippen LogP contribution in [0, 0.1) is 5.41 Å². The van der Waals surface area contributed by atoms with E-state index in [1.807, 2.05) is 11.8 Å². The van der Waals surface area contributed by atoms with Crippen LogP contribution in [0.3, 0.4) is 0 Å². The highest BCUT2D eigenvalue weighted by atomic mass is 15.1. The van der Waals surface area contributed by atoms with Crippen LogP contribution in [-0.4, -0.2) is 24.3 Å². The zero-order valence-corrected chi connectivity index (χ0v) is 6.98. The molecule has 1 N–H and O–H groups in total. The lowest BCUT2D eigenvalue weighted by Gasteiger charge is -2.13. The molecule has 59 valence electrons. The van der Waals surface area contributed by atoms with Crippen LogP contribution in [0.1, 0.15) is 33.1 Å². The van der Waals surface area contributed by atoms with Gasteiger partial charge in [0.2, 0.25) is 0 Å². The summed E-state index contributed by atoms with van der Waals surface area (Å²) in [6.07, 6.45) is 6.09. The molecule has 10 heavy (non-hydrogen) atoms. The Kier molecular flexibility index (Phi) is 6.24. The normalized spacial score (nSPS) is 9.40. The SMILES string of the molecule is CCCCCN([C]=N)CC. The van der Waals surface area contributed by atoms with Crippen molar-refractivity contribution in [2.75, 3.05) is 13.1 Å². The average Bonchev–Trinajstić information content (AvgIpc) is 1.99. The van der Waals surface area contributed by atoms with Crippen LogP contribution in [0.25, 0.3) is 0 Å². The summed E-state index contributed by atoms with van der Waals surface area (Å²) < 4.78 is 0. The van der Waals surface area contributed by atoms with Gasteiger partial charge in [-0.2, -0.15) is 0 Å². The van der Waals surface area contributed by atoms with Gasteiger partial charge in [-0.3, -0.25) is 5.41 Å². The molecule has 0 amide bonds. The van der Waals surface area contributed by atoms with E-state index < -0.39 is 0 Å². The van der Waals surface area contributed by atoms with Gasteiger partial charge < -0.3 is 4.90 Å². The van der Waals surface area contributed by atoms with Gasteiger partial charge >= 0.3 is 0 Å². The molecule has 0 saturated carbocycles. The third-order valence-corrected chi connectivity index (χ3v) is 1.57. The van der Waals surface area contributed by atoms with E-state index in [-0.39, 0.29) is 0 Å². The van der Waals surface area contributed by atoms with Crippen molar-refractivity contribution in [2.45, 2.75) is 33.1 Å². The average molecular weight is 141 g/mol. The van der Waals surface area contributed by atoms with E-state index in [4.69, 9.17) is 5.41 Å². The fourth-order valence-corrected chi connectivity index (χ4v) is 0.846. The highest BCUT2D eigenvalue weighted by Crippen LogP contribution is 1.95. The number of hydrogen-bond acceptors (Lipinski definition) is 1. The second-order valence-corrected chi connectivity index (χ2v) is 2.40. The van der Waals surface area contributed by atoms with Crippen molar-refractivity contribution in [3.63, 3.8) is 0 Å². The zero-order valence-electron chi connectivity index (χ0n) is 6.98. The van der Waals surface area contributed by atoms with E-state index in [2.05, 4.69) is 13.3 Å². The Hall–Kier alpha value is -0.530. The van der Waals surface area contributed by atoms with Gasteiger partial charge in [0.05, 0.1) is 0 Å². The molecule has 0 aliphatic rings. The van der Waals surface area contributed by atoms with E-state index in [0.717, 1.165) is 13.1 Å². The van der Waals surface area contributed by atoms with Gasteiger partial charge in [-0.1, -0.05) is 19.8 Å². The highest BCUT2D eigenvalue weighted by molar-refractivity contribution is 5.50. The van der Waals surface area contributed by atoms with Crippen molar-refractivity contribution < 1.29 is 0 Å². The number of rotatable bonds is 6. The first-order valence-corrected chi connectivity index (χ1v) is 4.02. The molecule has 0 spiro atoms. The van der Waals surface area contributed by atoms with Crippen LogP contribution >= 0.6 is 0 Å². The van der Waals surface area contributed by atoms with Gasteiger partial charge in [0.1, 0.15) is 0 Å². The van der Waals surface area contributed by atoms with E-state index in [1.165, 1.54) is 19.3 Å². The Morgan fingerprint density at radius 2 is 2.00 bits per heavy atom. The highest BCUT2D eigenvalue weighted by Gasteiger charge is 1.94. The molecule has 0 aromatic heterocycles. The topological polar surface area (TPSA) is 27.1 Å². The molecule has 0 atom stereocenters. The summed E-state index contributed by atoms with van der Waals surface area (Å²) >= 11 is 0. The molecule has 0 heterocycles. The molecule has 0 saturated heterocycles. The fourth-order valence-electron chi connectivity index (χ4n) is 0.846. The molecule has 0 aromatic carbocycles. The third-order valence-electron chi connectivity index (χ3n) is 1.57. The third kappa shape index (κ3) is 4.36. The van der Waals surface area contributed by atoms with Gasteiger partial charge in [0.25, 0.3) is 0 Å². The standard InChI is InChI=1S/C8H17N2/c1-3-5-6-7-10(4-2)8-9/h9H,3-7H2,1-2H3. The first-order chi connectivity index (χ1) is 4.85. The predicted octanol–water partition coefficient (Wildman–Crippen LogP) is 1.98. The molecule has 0 unspecified atom stereocenters. The van der Waals surface area contributed by atoms with E-state index >= 15 is 0 Å². The first kappa shape index (κ1) is 9.47. The molecular formula is C8H17N2. The Bertz CT molecular complexity index is 81.3. The zero-order chi connectivity index (χ0) is 7.82.